The van der Waals surface area contributed by atoms with Gasteiger partial charge in [0, 0.05) is 20.3 Å². The maximum atomic E-state index is 12.1. The Bertz CT molecular complexity index is 438. The molecule has 0 amide bonds. The predicted octanol–water partition coefficient (Wildman–Crippen LogP) is 3.11. The second-order valence-electron chi connectivity index (χ2n) is 5.69. The lowest BCUT2D eigenvalue weighted by Gasteiger charge is -2.17. The first kappa shape index (κ1) is 18.4. The standard InChI is InChI=1S/C17H26O5/c1-4-5-6-7-15(21-12(2)18)10-8-14-9-11-16(17(14)20)22-13(3)19/h9,15-16H,4-8,10-11H2,1-3H3. The van der Waals surface area contributed by atoms with E-state index in [0.29, 0.717) is 24.8 Å². The van der Waals surface area contributed by atoms with E-state index in [-0.39, 0.29) is 17.9 Å². The van der Waals surface area contributed by atoms with Crippen LogP contribution in [0.25, 0.3) is 0 Å². The highest BCUT2D eigenvalue weighted by Crippen LogP contribution is 2.24. The minimum Gasteiger partial charge on any atom is -0.463 e. The van der Waals surface area contributed by atoms with Gasteiger partial charge in [-0.25, -0.2) is 0 Å². The second-order valence-corrected chi connectivity index (χ2v) is 5.69. The number of ketones is 1. The summed E-state index contributed by atoms with van der Waals surface area (Å²) in [6.45, 7) is 4.83. The Balaban J connectivity index is 2.45. The van der Waals surface area contributed by atoms with Crippen LogP contribution in [0.4, 0.5) is 0 Å². The zero-order valence-corrected chi connectivity index (χ0v) is 13.7. The highest BCUT2D eigenvalue weighted by molar-refractivity contribution is 6.02. The Morgan fingerprint density at radius 3 is 2.55 bits per heavy atom. The SMILES string of the molecule is CCCCCC(CCC1=CCC(OC(C)=O)C1=O)OC(C)=O. The molecule has 0 bridgehead atoms. The van der Waals surface area contributed by atoms with Gasteiger partial charge in [-0.3, -0.25) is 14.4 Å². The van der Waals surface area contributed by atoms with Gasteiger partial charge in [0.1, 0.15) is 6.10 Å². The molecule has 1 rings (SSSR count). The fourth-order valence-electron chi connectivity index (χ4n) is 2.63. The third kappa shape index (κ3) is 6.41. The summed E-state index contributed by atoms with van der Waals surface area (Å²) in [7, 11) is 0. The van der Waals surface area contributed by atoms with Crippen molar-refractivity contribution in [2.24, 2.45) is 0 Å². The van der Waals surface area contributed by atoms with E-state index >= 15 is 0 Å². The van der Waals surface area contributed by atoms with Gasteiger partial charge in [-0.2, -0.15) is 0 Å². The number of hydrogen-bond donors (Lipinski definition) is 0. The van der Waals surface area contributed by atoms with Crippen LogP contribution < -0.4 is 0 Å². The summed E-state index contributed by atoms with van der Waals surface area (Å²) in [4.78, 5) is 34.2. The van der Waals surface area contributed by atoms with Crippen LogP contribution in [0.5, 0.6) is 0 Å². The second kappa shape index (κ2) is 9.38. The van der Waals surface area contributed by atoms with Crippen LogP contribution in [0.3, 0.4) is 0 Å². The summed E-state index contributed by atoms with van der Waals surface area (Å²) in [6, 6.07) is 0. The van der Waals surface area contributed by atoms with E-state index in [2.05, 4.69) is 6.92 Å². The van der Waals surface area contributed by atoms with Crippen molar-refractivity contribution in [2.45, 2.75) is 77.9 Å². The number of esters is 2. The summed E-state index contributed by atoms with van der Waals surface area (Å²) in [5.74, 6) is -0.846. The highest BCUT2D eigenvalue weighted by Gasteiger charge is 2.29. The zero-order valence-electron chi connectivity index (χ0n) is 13.7. The van der Waals surface area contributed by atoms with E-state index < -0.39 is 12.1 Å². The summed E-state index contributed by atoms with van der Waals surface area (Å²) in [6.07, 6.45) is 6.70. The van der Waals surface area contributed by atoms with Crippen molar-refractivity contribution in [1.29, 1.82) is 0 Å². The van der Waals surface area contributed by atoms with Crippen LogP contribution in [0.2, 0.25) is 0 Å². The molecule has 0 aliphatic heterocycles. The molecule has 0 fully saturated rings. The first-order valence-electron chi connectivity index (χ1n) is 8.01. The Morgan fingerprint density at radius 2 is 1.95 bits per heavy atom. The van der Waals surface area contributed by atoms with Crippen molar-refractivity contribution in [2.75, 3.05) is 0 Å². The van der Waals surface area contributed by atoms with Gasteiger partial charge in [0.25, 0.3) is 0 Å². The molecule has 0 heterocycles. The van der Waals surface area contributed by atoms with E-state index in [9.17, 15) is 14.4 Å². The van der Waals surface area contributed by atoms with Gasteiger partial charge in [0.05, 0.1) is 0 Å². The number of ether oxygens (including phenoxy) is 2. The molecule has 0 aromatic rings. The normalized spacial score (nSPS) is 18.8. The van der Waals surface area contributed by atoms with Crippen LogP contribution in [0, 0.1) is 0 Å². The van der Waals surface area contributed by atoms with Gasteiger partial charge in [0.15, 0.2) is 11.9 Å². The summed E-state index contributed by atoms with van der Waals surface area (Å²) >= 11 is 0. The van der Waals surface area contributed by atoms with Crippen LogP contribution in [0.15, 0.2) is 11.6 Å². The number of hydrogen-bond acceptors (Lipinski definition) is 5. The predicted molar refractivity (Wildman–Crippen MR) is 82.2 cm³/mol. The molecule has 0 N–H and O–H groups in total. The largest absolute Gasteiger partial charge is 0.463 e. The fraction of sp³-hybridized carbons (Fsp3) is 0.706. The van der Waals surface area contributed by atoms with Gasteiger partial charge < -0.3 is 9.47 Å². The average molecular weight is 310 g/mol. The lowest BCUT2D eigenvalue weighted by molar-refractivity contribution is -0.151. The molecule has 0 saturated heterocycles. The number of carbonyl (C=O) groups is 3. The molecular weight excluding hydrogens is 284 g/mol. The van der Waals surface area contributed by atoms with E-state index in [4.69, 9.17) is 9.47 Å². The van der Waals surface area contributed by atoms with Gasteiger partial charge in [-0.15, -0.1) is 0 Å². The lowest BCUT2D eigenvalue weighted by atomic mass is 10.0. The van der Waals surface area contributed by atoms with Crippen molar-refractivity contribution in [3.8, 4) is 0 Å². The summed E-state index contributed by atoms with van der Waals surface area (Å²) in [5.41, 5.74) is 0.680. The first-order chi connectivity index (χ1) is 10.4. The molecule has 0 aromatic carbocycles. The molecular formula is C17H26O5. The van der Waals surface area contributed by atoms with Crippen LogP contribution in [0.1, 0.15) is 65.7 Å². The third-order valence-corrected chi connectivity index (χ3v) is 3.69. The van der Waals surface area contributed by atoms with E-state index in [1.807, 2.05) is 6.08 Å². The minimum atomic E-state index is -0.667. The highest BCUT2D eigenvalue weighted by atomic mass is 16.5. The van der Waals surface area contributed by atoms with Crippen molar-refractivity contribution in [3.63, 3.8) is 0 Å². The monoisotopic (exact) mass is 310 g/mol. The Kier molecular flexibility index (Phi) is 7.85. The molecule has 0 aromatic heterocycles. The van der Waals surface area contributed by atoms with Gasteiger partial charge in [0.2, 0.25) is 0 Å². The topological polar surface area (TPSA) is 69.7 Å². The molecule has 5 nitrogen and oxygen atoms in total. The smallest absolute Gasteiger partial charge is 0.303 e. The molecule has 1 aliphatic carbocycles. The molecule has 0 radical (unpaired) electrons. The van der Waals surface area contributed by atoms with Crippen LogP contribution >= 0.6 is 0 Å². The Labute approximate surface area is 132 Å². The van der Waals surface area contributed by atoms with Crippen molar-refractivity contribution in [3.05, 3.63) is 11.6 Å². The van der Waals surface area contributed by atoms with E-state index in [1.165, 1.54) is 13.8 Å². The third-order valence-electron chi connectivity index (χ3n) is 3.69. The average Bonchev–Trinajstić information content (AvgIpc) is 2.76. The molecule has 0 spiro atoms. The summed E-state index contributed by atoms with van der Waals surface area (Å²) < 4.78 is 10.3. The molecule has 0 saturated carbocycles. The fourth-order valence-corrected chi connectivity index (χ4v) is 2.63. The van der Waals surface area contributed by atoms with E-state index in [0.717, 1.165) is 25.7 Å². The van der Waals surface area contributed by atoms with Gasteiger partial charge >= 0.3 is 11.9 Å². The number of carbonyl (C=O) groups excluding carboxylic acids is 3. The van der Waals surface area contributed by atoms with Crippen LogP contribution in [-0.4, -0.2) is 29.9 Å². The molecule has 5 heteroatoms. The number of unbranched alkanes of at least 4 members (excludes halogenated alkanes) is 2. The van der Waals surface area contributed by atoms with Crippen LogP contribution in [-0.2, 0) is 23.9 Å². The molecule has 1 aliphatic rings. The lowest BCUT2D eigenvalue weighted by Crippen LogP contribution is -2.23. The number of rotatable bonds is 9. The Morgan fingerprint density at radius 1 is 1.23 bits per heavy atom. The van der Waals surface area contributed by atoms with Crippen molar-refractivity contribution < 1.29 is 23.9 Å². The maximum Gasteiger partial charge on any atom is 0.303 e. The molecule has 2 atom stereocenters. The maximum absolute atomic E-state index is 12.1. The van der Waals surface area contributed by atoms with Crippen molar-refractivity contribution >= 4 is 17.7 Å². The quantitative estimate of drug-likeness (QED) is 0.483. The number of Topliss-reactive ketones (excluding diaryl/α,β-unsaturated/α-hetero) is 1. The molecule has 2 unspecified atom stereocenters. The Hall–Kier alpha value is -1.65. The zero-order chi connectivity index (χ0) is 16.5. The van der Waals surface area contributed by atoms with E-state index in [1.54, 1.807) is 0 Å². The van der Waals surface area contributed by atoms with Crippen molar-refractivity contribution in [1.82, 2.24) is 0 Å². The minimum absolute atomic E-state index is 0.120. The first-order valence-corrected chi connectivity index (χ1v) is 8.01. The molecule has 22 heavy (non-hydrogen) atoms. The van der Waals surface area contributed by atoms with Gasteiger partial charge in [-0.05, 0) is 31.3 Å². The molecule has 124 valence electrons. The summed E-state index contributed by atoms with van der Waals surface area (Å²) in [5, 5.41) is 0. The van der Waals surface area contributed by atoms with Gasteiger partial charge in [-0.1, -0.05) is 25.8 Å².